The van der Waals surface area contributed by atoms with Gasteiger partial charge in [0.25, 0.3) is 0 Å². The molecular weight excluding hydrogens is 218 g/mol. The molecule has 5 nitrogen and oxygen atoms in total. The highest BCUT2D eigenvalue weighted by molar-refractivity contribution is 5.68. The molecular formula is C12H9N3O2. The molecule has 0 fully saturated rings. The molecule has 0 bridgehead atoms. The molecule has 5 heteroatoms. The van der Waals surface area contributed by atoms with Crippen molar-refractivity contribution in [2.24, 2.45) is 0 Å². The summed E-state index contributed by atoms with van der Waals surface area (Å²) in [5.74, 6) is 0.866. The van der Waals surface area contributed by atoms with Crippen LogP contribution in [-0.2, 0) is 0 Å². The Labute approximate surface area is 96.9 Å². The number of nitrogen functional groups attached to an aromatic ring is 1. The van der Waals surface area contributed by atoms with Crippen molar-refractivity contribution >= 4 is 5.88 Å². The van der Waals surface area contributed by atoms with Crippen LogP contribution in [0.2, 0.25) is 0 Å². The summed E-state index contributed by atoms with van der Waals surface area (Å²) in [6, 6.07) is 9.33. The Morgan fingerprint density at radius 2 is 2.00 bits per heavy atom. The lowest BCUT2D eigenvalue weighted by molar-refractivity contribution is 0.439. The van der Waals surface area contributed by atoms with Crippen molar-refractivity contribution in [3.05, 3.63) is 42.8 Å². The molecule has 0 atom stereocenters. The second-order valence-corrected chi connectivity index (χ2v) is 3.53. The van der Waals surface area contributed by atoms with E-state index in [4.69, 9.17) is 14.7 Å². The molecule has 2 aromatic heterocycles. The van der Waals surface area contributed by atoms with E-state index in [2.05, 4.69) is 10.1 Å². The summed E-state index contributed by atoms with van der Waals surface area (Å²) < 4.78 is 10.1. The summed E-state index contributed by atoms with van der Waals surface area (Å²) in [5, 5.41) is 3.86. The van der Waals surface area contributed by atoms with Gasteiger partial charge in [0.1, 0.15) is 12.0 Å². The standard InChI is InChI=1S/C12H9N3O2/c13-11-7-10(15-17-11)8-2-1-3-9(6-8)12-14-4-5-16-12/h1-7H,13H2. The van der Waals surface area contributed by atoms with Gasteiger partial charge in [0.15, 0.2) is 0 Å². The Hall–Kier alpha value is -2.56. The van der Waals surface area contributed by atoms with Crippen LogP contribution in [0, 0.1) is 0 Å². The number of benzene rings is 1. The monoisotopic (exact) mass is 227 g/mol. The average Bonchev–Trinajstić information content (AvgIpc) is 3.00. The molecule has 0 aliphatic rings. The topological polar surface area (TPSA) is 78.1 Å². The van der Waals surface area contributed by atoms with Gasteiger partial charge in [-0.3, -0.25) is 0 Å². The van der Waals surface area contributed by atoms with Crippen LogP contribution in [0.3, 0.4) is 0 Å². The van der Waals surface area contributed by atoms with E-state index in [1.807, 2.05) is 24.3 Å². The van der Waals surface area contributed by atoms with Crippen molar-refractivity contribution in [1.82, 2.24) is 10.1 Å². The Morgan fingerprint density at radius 1 is 1.12 bits per heavy atom. The molecule has 17 heavy (non-hydrogen) atoms. The van der Waals surface area contributed by atoms with Gasteiger partial charge < -0.3 is 14.7 Å². The number of nitrogens with two attached hydrogens (primary N) is 1. The van der Waals surface area contributed by atoms with Gasteiger partial charge >= 0.3 is 0 Å². The first-order valence-corrected chi connectivity index (χ1v) is 5.05. The summed E-state index contributed by atoms with van der Waals surface area (Å²) in [4.78, 5) is 4.09. The molecule has 0 amide bonds. The lowest BCUT2D eigenvalue weighted by Crippen LogP contribution is -1.81. The van der Waals surface area contributed by atoms with Crippen molar-refractivity contribution in [2.75, 3.05) is 5.73 Å². The fraction of sp³-hybridized carbons (Fsp3) is 0. The van der Waals surface area contributed by atoms with E-state index >= 15 is 0 Å². The van der Waals surface area contributed by atoms with Gasteiger partial charge in [-0.1, -0.05) is 17.3 Å². The molecule has 3 rings (SSSR count). The van der Waals surface area contributed by atoms with Gasteiger partial charge in [0, 0.05) is 17.2 Å². The second kappa shape index (κ2) is 3.79. The Bertz CT molecular complexity index is 629. The summed E-state index contributed by atoms with van der Waals surface area (Å²) in [6.07, 6.45) is 3.15. The minimum absolute atomic E-state index is 0.293. The Kier molecular flexibility index (Phi) is 2.15. The van der Waals surface area contributed by atoms with Crippen LogP contribution in [0.5, 0.6) is 0 Å². The third-order valence-electron chi connectivity index (χ3n) is 2.37. The average molecular weight is 227 g/mol. The van der Waals surface area contributed by atoms with Crippen LogP contribution >= 0.6 is 0 Å². The van der Waals surface area contributed by atoms with Crippen LogP contribution in [-0.4, -0.2) is 10.1 Å². The van der Waals surface area contributed by atoms with Gasteiger partial charge in [0.2, 0.25) is 11.8 Å². The maximum absolute atomic E-state index is 5.49. The minimum atomic E-state index is 0.293. The molecule has 0 radical (unpaired) electrons. The Morgan fingerprint density at radius 3 is 2.71 bits per heavy atom. The highest BCUT2D eigenvalue weighted by Crippen LogP contribution is 2.25. The molecule has 2 heterocycles. The third kappa shape index (κ3) is 1.78. The van der Waals surface area contributed by atoms with E-state index in [1.54, 1.807) is 12.3 Å². The molecule has 2 N–H and O–H groups in total. The summed E-state index contributed by atoms with van der Waals surface area (Å²) in [6.45, 7) is 0. The highest BCUT2D eigenvalue weighted by atomic mass is 16.5. The first-order valence-electron chi connectivity index (χ1n) is 5.05. The number of rotatable bonds is 2. The van der Waals surface area contributed by atoms with Crippen LogP contribution < -0.4 is 5.73 Å². The number of anilines is 1. The summed E-state index contributed by atoms with van der Waals surface area (Å²) in [5.41, 5.74) is 7.97. The lowest BCUT2D eigenvalue weighted by Gasteiger charge is -1.98. The molecule has 1 aromatic carbocycles. The van der Waals surface area contributed by atoms with Crippen LogP contribution in [0.1, 0.15) is 0 Å². The first-order chi connectivity index (χ1) is 8.33. The fourth-order valence-corrected chi connectivity index (χ4v) is 1.60. The predicted octanol–water partition coefficient (Wildman–Crippen LogP) is 2.58. The van der Waals surface area contributed by atoms with E-state index in [1.165, 1.54) is 6.26 Å². The zero-order chi connectivity index (χ0) is 11.7. The summed E-state index contributed by atoms with van der Waals surface area (Å²) >= 11 is 0. The van der Waals surface area contributed by atoms with Crippen molar-refractivity contribution in [3.63, 3.8) is 0 Å². The SMILES string of the molecule is Nc1cc(-c2cccc(-c3ncco3)c2)no1. The van der Waals surface area contributed by atoms with Crippen molar-refractivity contribution < 1.29 is 8.94 Å². The molecule has 0 aliphatic heterocycles. The largest absolute Gasteiger partial charge is 0.445 e. The number of nitrogens with zero attached hydrogens (tertiary/aromatic N) is 2. The van der Waals surface area contributed by atoms with E-state index in [9.17, 15) is 0 Å². The Balaban J connectivity index is 2.05. The molecule has 0 unspecified atom stereocenters. The number of aromatic nitrogens is 2. The van der Waals surface area contributed by atoms with Crippen molar-refractivity contribution in [2.45, 2.75) is 0 Å². The molecule has 84 valence electrons. The second-order valence-electron chi connectivity index (χ2n) is 3.53. The fourth-order valence-electron chi connectivity index (χ4n) is 1.60. The van der Waals surface area contributed by atoms with E-state index in [-0.39, 0.29) is 0 Å². The van der Waals surface area contributed by atoms with E-state index in [0.29, 0.717) is 17.5 Å². The molecule has 0 aliphatic carbocycles. The van der Waals surface area contributed by atoms with Gasteiger partial charge in [-0.2, -0.15) is 0 Å². The quantitative estimate of drug-likeness (QED) is 0.727. The van der Waals surface area contributed by atoms with Crippen LogP contribution in [0.25, 0.3) is 22.7 Å². The molecule has 0 saturated heterocycles. The maximum Gasteiger partial charge on any atom is 0.225 e. The smallest absolute Gasteiger partial charge is 0.225 e. The first kappa shape index (κ1) is 9.65. The highest BCUT2D eigenvalue weighted by Gasteiger charge is 2.07. The van der Waals surface area contributed by atoms with E-state index < -0.39 is 0 Å². The third-order valence-corrected chi connectivity index (χ3v) is 2.37. The van der Waals surface area contributed by atoms with E-state index in [0.717, 1.165) is 11.1 Å². The zero-order valence-corrected chi connectivity index (χ0v) is 8.83. The lowest BCUT2D eigenvalue weighted by atomic mass is 10.1. The molecule has 3 aromatic rings. The number of hydrogen-bond acceptors (Lipinski definition) is 5. The van der Waals surface area contributed by atoms with Crippen LogP contribution in [0.15, 0.2) is 51.7 Å². The van der Waals surface area contributed by atoms with Crippen molar-refractivity contribution in [1.29, 1.82) is 0 Å². The minimum Gasteiger partial charge on any atom is -0.445 e. The van der Waals surface area contributed by atoms with Crippen LogP contribution in [0.4, 0.5) is 5.88 Å². The predicted molar refractivity (Wildman–Crippen MR) is 61.8 cm³/mol. The number of hydrogen-bond donors (Lipinski definition) is 1. The maximum atomic E-state index is 5.49. The summed E-state index contributed by atoms with van der Waals surface area (Å²) in [7, 11) is 0. The molecule has 0 saturated carbocycles. The normalized spacial score (nSPS) is 10.6. The van der Waals surface area contributed by atoms with Gasteiger partial charge in [-0.25, -0.2) is 4.98 Å². The molecule has 0 spiro atoms. The van der Waals surface area contributed by atoms with Gasteiger partial charge in [-0.15, -0.1) is 0 Å². The van der Waals surface area contributed by atoms with Crippen molar-refractivity contribution in [3.8, 4) is 22.7 Å². The zero-order valence-electron chi connectivity index (χ0n) is 8.83. The van der Waals surface area contributed by atoms with Gasteiger partial charge in [0.05, 0.1) is 6.20 Å². The number of oxazole rings is 1. The van der Waals surface area contributed by atoms with Gasteiger partial charge in [-0.05, 0) is 12.1 Å².